The van der Waals surface area contributed by atoms with Crippen molar-refractivity contribution in [3.05, 3.63) is 96.1 Å². The molecule has 0 radical (unpaired) electrons. The van der Waals surface area contributed by atoms with Gasteiger partial charge in [0.25, 0.3) is 5.91 Å². The number of carbonyl (C=O) groups is 2. The Labute approximate surface area is 193 Å². The number of para-hydroxylation sites is 1. The zero-order chi connectivity index (χ0) is 22.9. The summed E-state index contributed by atoms with van der Waals surface area (Å²) < 4.78 is 5.51. The number of hydroxylamine groups is 1. The van der Waals surface area contributed by atoms with E-state index < -0.39 is 12.2 Å². The number of hydrogen-bond acceptors (Lipinski definition) is 4. The number of carbonyl (C=O) groups excluding carboxylic acids is 2. The maximum absolute atomic E-state index is 13.0. The van der Waals surface area contributed by atoms with Crippen molar-refractivity contribution in [3.63, 3.8) is 0 Å². The predicted molar refractivity (Wildman–Crippen MR) is 128 cm³/mol. The van der Waals surface area contributed by atoms with Crippen molar-refractivity contribution < 1.29 is 19.2 Å². The van der Waals surface area contributed by atoms with Gasteiger partial charge in [0.1, 0.15) is 0 Å². The van der Waals surface area contributed by atoms with Gasteiger partial charge in [0, 0.05) is 24.7 Å². The fraction of sp³-hybridized carbons (Fsp3) is 0.185. The van der Waals surface area contributed by atoms with Gasteiger partial charge in [-0.1, -0.05) is 72.8 Å². The fourth-order valence-corrected chi connectivity index (χ4v) is 3.61. The number of rotatable bonds is 7. The van der Waals surface area contributed by atoms with E-state index in [2.05, 4.69) is 10.8 Å². The van der Waals surface area contributed by atoms with Gasteiger partial charge in [-0.3, -0.25) is 9.59 Å². The molecular formula is C27H26N2O4. The van der Waals surface area contributed by atoms with Gasteiger partial charge in [-0.05, 0) is 36.1 Å². The first-order valence-corrected chi connectivity index (χ1v) is 11.0. The highest BCUT2D eigenvalue weighted by molar-refractivity contribution is 6.10. The van der Waals surface area contributed by atoms with E-state index in [1.165, 1.54) is 6.08 Å². The summed E-state index contributed by atoms with van der Waals surface area (Å²) in [7, 11) is 0. The summed E-state index contributed by atoms with van der Waals surface area (Å²) >= 11 is 0. The first-order chi connectivity index (χ1) is 16.2. The third kappa shape index (κ3) is 6.16. The molecule has 0 aromatic heterocycles. The van der Waals surface area contributed by atoms with E-state index >= 15 is 0 Å². The van der Waals surface area contributed by atoms with Crippen molar-refractivity contribution in [1.29, 1.82) is 0 Å². The average molecular weight is 443 g/mol. The van der Waals surface area contributed by atoms with Crippen LogP contribution >= 0.6 is 0 Å². The van der Waals surface area contributed by atoms with Gasteiger partial charge >= 0.3 is 0 Å². The highest BCUT2D eigenvalue weighted by Gasteiger charge is 2.20. The lowest BCUT2D eigenvalue weighted by Gasteiger charge is -2.22. The Kier molecular flexibility index (Phi) is 7.64. The second-order valence-electron chi connectivity index (χ2n) is 7.67. The van der Waals surface area contributed by atoms with Gasteiger partial charge in [-0.2, -0.15) is 0 Å². The molecule has 1 saturated heterocycles. The van der Waals surface area contributed by atoms with Crippen molar-refractivity contribution in [3.8, 4) is 11.1 Å². The molecule has 6 heteroatoms. The van der Waals surface area contributed by atoms with Crippen LogP contribution in [0.4, 0.5) is 5.69 Å². The normalized spacial score (nSPS) is 15.8. The van der Waals surface area contributed by atoms with E-state index in [1.807, 2.05) is 66.7 Å². The van der Waals surface area contributed by atoms with E-state index in [4.69, 9.17) is 9.57 Å². The minimum atomic E-state index is -0.466. The molecule has 3 aromatic carbocycles. The topological polar surface area (TPSA) is 76.7 Å². The second-order valence-corrected chi connectivity index (χ2v) is 7.67. The molecule has 2 N–H and O–H groups in total. The molecule has 1 atom stereocenters. The molecule has 4 rings (SSSR count). The van der Waals surface area contributed by atoms with Crippen LogP contribution in [0.25, 0.3) is 17.2 Å². The van der Waals surface area contributed by atoms with Gasteiger partial charge in [-0.25, -0.2) is 10.3 Å². The quantitative estimate of drug-likeness (QED) is 0.390. The van der Waals surface area contributed by atoms with Gasteiger partial charge in [-0.15, -0.1) is 0 Å². The molecule has 2 amide bonds. The predicted octanol–water partition coefficient (Wildman–Crippen LogP) is 5.19. The van der Waals surface area contributed by atoms with Crippen LogP contribution in [0.5, 0.6) is 0 Å². The van der Waals surface area contributed by atoms with Crippen LogP contribution in [0.3, 0.4) is 0 Å². The lowest BCUT2D eigenvalue weighted by Crippen LogP contribution is -2.33. The summed E-state index contributed by atoms with van der Waals surface area (Å²) in [5, 5.41) is 2.89. The highest BCUT2D eigenvalue weighted by Crippen LogP contribution is 2.31. The monoisotopic (exact) mass is 442 g/mol. The van der Waals surface area contributed by atoms with E-state index in [9.17, 15) is 9.59 Å². The molecule has 1 fully saturated rings. The van der Waals surface area contributed by atoms with Gasteiger partial charge in [0.05, 0.1) is 11.3 Å². The highest BCUT2D eigenvalue weighted by atomic mass is 16.8. The fourth-order valence-electron chi connectivity index (χ4n) is 3.61. The smallest absolute Gasteiger partial charge is 0.277 e. The SMILES string of the molecule is O=C(/C=C\c1ccccc1)Nc1c(C(=O)NO[C@H]2CCCCO2)cccc1-c1ccccc1. The third-order valence-corrected chi connectivity index (χ3v) is 5.29. The van der Waals surface area contributed by atoms with E-state index in [-0.39, 0.29) is 5.91 Å². The van der Waals surface area contributed by atoms with Gasteiger partial charge in [0.15, 0.2) is 6.29 Å². The van der Waals surface area contributed by atoms with Crippen LogP contribution in [-0.4, -0.2) is 24.7 Å². The van der Waals surface area contributed by atoms with Crippen LogP contribution < -0.4 is 10.8 Å². The summed E-state index contributed by atoms with van der Waals surface area (Å²) in [4.78, 5) is 31.2. The molecule has 33 heavy (non-hydrogen) atoms. The van der Waals surface area contributed by atoms with E-state index in [1.54, 1.807) is 18.2 Å². The lowest BCUT2D eigenvalue weighted by atomic mass is 9.99. The van der Waals surface area contributed by atoms with Crippen molar-refractivity contribution in [2.45, 2.75) is 25.6 Å². The Hall–Kier alpha value is -3.74. The minimum Gasteiger partial charge on any atom is -0.350 e. The number of nitrogens with one attached hydrogen (secondary N) is 2. The van der Waals surface area contributed by atoms with Crippen LogP contribution in [-0.2, 0) is 14.4 Å². The van der Waals surface area contributed by atoms with Crippen molar-refractivity contribution >= 4 is 23.6 Å². The largest absolute Gasteiger partial charge is 0.350 e. The summed E-state index contributed by atoms with van der Waals surface area (Å²) in [6, 6.07) is 24.4. The maximum atomic E-state index is 13.0. The van der Waals surface area contributed by atoms with Crippen LogP contribution in [0.1, 0.15) is 35.2 Å². The van der Waals surface area contributed by atoms with Crippen LogP contribution in [0.2, 0.25) is 0 Å². The molecule has 1 aliphatic heterocycles. The van der Waals surface area contributed by atoms with Crippen molar-refractivity contribution in [2.24, 2.45) is 0 Å². The number of anilines is 1. The number of amides is 2. The number of hydrogen-bond donors (Lipinski definition) is 2. The molecular weight excluding hydrogens is 416 g/mol. The molecule has 3 aromatic rings. The molecule has 6 nitrogen and oxygen atoms in total. The summed E-state index contributed by atoms with van der Waals surface area (Å²) in [5.74, 6) is -0.794. The van der Waals surface area contributed by atoms with Crippen molar-refractivity contribution in [1.82, 2.24) is 5.48 Å². The van der Waals surface area contributed by atoms with E-state index in [0.29, 0.717) is 17.9 Å². The average Bonchev–Trinajstić information content (AvgIpc) is 2.88. The Bertz CT molecular complexity index is 1110. The summed E-state index contributed by atoms with van der Waals surface area (Å²) in [6.45, 7) is 0.610. The van der Waals surface area contributed by atoms with Crippen LogP contribution in [0.15, 0.2) is 84.9 Å². The Morgan fingerprint density at radius 1 is 0.909 bits per heavy atom. The second kappa shape index (κ2) is 11.2. The molecule has 0 bridgehead atoms. The Morgan fingerprint density at radius 3 is 2.39 bits per heavy atom. The third-order valence-electron chi connectivity index (χ3n) is 5.29. The zero-order valence-electron chi connectivity index (χ0n) is 18.2. The molecule has 0 saturated carbocycles. The Morgan fingerprint density at radius 2 is 1.67 bits per heavy atom. The Balaban J connectivity index is 1.58. The number of ether oxygens (including phenoxy) is 1. The standard InChI is InChI=1S/C27H26N2O4/c30-24(18-17-20-10-3-1-4-11-20)28-26-22(21-12-5-2-6-13-21)14-9-15-23(26)27(31)29-33-25-16-7-8-19-32-25/h1-6,9-15,17-18,25H,7-8,16,19H2,(H,28,30)(H,29,31)/b18-17-/t25-/m0/s1. The molecule has 1 heterocycles. The van der Waals surface area contributed by atoms with Gasteiger partial charge in [0.2, 0.25) is 5.91 Å². The van der Waals surface area contributed by atoms with E-state index in [0.717, 1.165) is 36.0 Å². The first kappa shape index (κ1) is 22.5. The molecule has 0 aliphatic carbocycles. The summed E-state index contributed by atoms with van der Waals surface area (Å²) in [6.07, 6.45) is 5.40. The minimum absolute atomic E-state index is 0.300. The first-order valence-electron chi connectivity index (χ1n) is 11.0. The molecule has 168 valence electrons. The van der Waals surface area contributed by atoms with Gasteiger partial charge < -0.3 is 10.1 Å². The van der Waals surface area contributed by atoms with Crippen molar-refractivity contribution in [2.75, 3.05) is 11.9 Å². The summed E-state index contributed by atoms with van der Waals surface area (Å²) in [5.41, 5.74) is 5.72. The van der Waals surface area contributed by atoms with Crippen LogP contribution in [0, 0.1) is 0 Å². The number of benzene rings is 3. The zero-order valence-corrected chi connectivity index (χ0v) is 18.2. The molecule has 1 aliphatic rings. The maximum Gasteiger partial charge on any atom is 0.277 e. The molecule has 0 unspecified atom stereocenters. The molecule has 0 spiro atoms. The lowest BCUT2D eigenvalue weighted by molar-refractivity contribution is -0.186.